The third-order valence-electron chi connectivity index (χ3n) is 5.03. The molecule has 2 heterocycles. The number of benzene rings is 1. The number of nitrogens with one attached hydrogen (secondary N) is 1. The highest BCUT2D eigenvalue weighted by atomic mass is 16.5. The third kappa shape index (κ3) is 5.09. The number of amides is 1. The van der Waals surface area contributed by atoms with Crippen molar-refractivity contribution in [3.8, 4) is 11.5 Å². The maximum Gasteiger partial charge on any atom is 0.258 e. The zero-order valence-corrected chi connectivity index (χ0v) is 14.7. The Morgan fingerprint density at radius 3 is 2.72 bits per heavy atom. The van der Waals surface area contributed by atoms with Gasteiger partial charge in [0.15, 0.2) is 6.61 Å². The number of carbonyl (C=O) groups is 1. The summed E-state index contributed by atoms with van der Waals surface area (Å²) in [6.45, 7) is 3.03. The van der Waals surface area contributed by atoms with Crippen molar-refractivity contribution in [3.05, 3.63) is 24.3 Å². The number of carbonyl (C=O) groups excluding carboxylic acids is 1. The molecule has 0 bridgehead atoms. The Kier molecular flexibility index (Phi) is 6.53. The van der Waals surface area contributed by atoms with Crippen molar-refractivity contribution in [1.82, 2.24) is 5.32 Å². The average Bonchev–Trinajstić information content (AvgIpc) is 2.68. The van der Waals surface area contributed by atoms with E-state index < -0.39 is 0 Å². The largest absolute Gasteiger partial charge is 0.497 e. The van der Waals surface area contributed by atoms with Gasteiger partial charge < -0.3 is 24.3 Å². The molecule has 3 rings (SSSR count). The summed E-state index contributed by atoms with van der Waals surface area (Å²) in [6, 6.07) is 7.42. The molecule has 1 aromatic carbocycles. The van der Waals surface area contributed by atoms with Gasteiger partial charge in [0, 0.05) is 37.8 Å². The summed E-state index contributed by atoms with van der Waals surface area (Å²) in [6.07, 6.45) is 2.94. The first-order valence-corrected chi connectivity index (χ1v) is 8.98. The molecule has 0 saturated carbocycles. The van der Waals surface area contributed by atoms with E-state index in [0.29, 0.717) is 36.5 Å². The van der Waals surface area contributed by atoms with Gasteiger partial charge in [-0.25, -0.2) is 0 Å². The summed E-state index contributed by atoms with van der Waals surface area (Å²) >= 11 is 0. The van der Waals surface area contributed by atoms with Crippen LogP contribution in [-0.4, -0.2) is 52.1 Å². The van der Waals surface area contributed by atoms with E-state index in [1.165, 1.54) is 0 Å². The second-order valence-electron chi connectivity index (χ2n) is 6.62. The van der Waals surface area contributed by atoms with Crippen LogP contribution in [0.2, 0.25) is 0 Å². The first-order chi connectivity index (χ1) is 12.3. The van der Waals surface area contributed by atoms with Gasteiger partial charge in [-0.3, -0.25) is 4.79 Å². The number of rotatable bonds is 6. The van der Waals surface area contributed by atoms with Gasteiger partial charge in [-0.1, -0.05) is 6.07 Å². The monoisotopic (exact) mass is 349 g/mol. The third-order valence-corrected chi connectivity index (χ3v) is 5.03. The molecule has 2 aliphatic rings. The Hall–Kier alpha value is -1.79. The normalized spacial score (nSPS) is 24.5. The van der Waals surface area contributed by atoms with Crippen LogP contribution in [0.4, 0.5) is 0 Å². The Bertz CT molecular complexity index is 559. The predicted octanol–water partition coefficient (Wildman–Crippen LogP) is 2.02. The lowest BCUT2D eigenvalue weighted by Gasteiger charge is -2.39. The van der Waals surface area contributed by atoms with Crippen LogP contribution < -0.4 is 14.8 Å². The fraction of sp³-hybridized carbons (Fsp3) is 0.632. The number of methoxy groups -OCH3 is 1. The van der Waals surface area contributed by atoms with E-state index in [1.54, 1.807) is 13.2 Å². The molecule has 25 heavy (non-hydrogen) atoms. The van der Waals surface area contributed by atoms with Crippen molar-refractivity contribution in [1.29, 1.82) is 0 Å². The first-order valence-electron chi connectivity index (χ1n) is 8.98. The summed E-state index contributed by atoms with van der Waals surface area (Å²) in [5.74, 6) is 2.16. The lowest BCUT2D eigenvalue weighted by Crippen LogP contribution is -2.50. The Morgan fingerprint density at radius 1 is 1.16 bits per heavy atom. The molecular weight excluding hydrogens is 322 g/mol. The highest BCUT2D eigenvalue weighted by Gasteiger charge is 2.34. The minimum Gasteiger partial charge on any atom is -0.497 e. The smallest absolute Gasteiger partial charge is 0.258 e. The van der Waals surface area contributed by atoms with Crippen LogP contribution in [0.25, 0.3) is 0 Å². The van der Waals surface area contributed by atoms with Gasteiger partial charge in [0.1, 0.15) is 11.5 Å². The summed E-state index contributed by atoms with van der Waals surface area (Å²) in [7, 11) is 1.60. The first kappa shape index (κ1) is 18.0. The van der Waals surface area contributed by atoms with Gasteiger partial charge in [-0.15, -0.1) is 0 Å². The van der Waals surface area contributed by atoms with Crippen molar-refractivity contribution in [2.75, 3.05) is 40.1 Å². The van der Waals surface area contributed by atoms with Crippen molar-refractivity contribution >= 4 is 5.91 Å². The van der Waals surface area contributed by atoms with Gasteiger partial charge in [0.05, 0.1) is 13.7 Å². The van der Waals surface area contributed by atoms with Crippen LogP contribution in [0.15, 0.2) is 24.3 Å². The highest BCUT2D eigenvalue weighted by molar-refractivity contribution is 5.77. The van der Waals surface area contributed by atoms with Gasteiger partial charge in [0.2, 0.25) is 0 Å². The minimum absolute atomic E-state index is 0.00498. The molecule has 0 spiro atoms. The number of ether oxygens (including phenoxy) is 4. The summed E-state index contributed by atoms with van der Waals surface area (Å²) in [5, 5.41) is 3.15. The van der Waals surface area contributed by atoms with Crippen molar-refractivity contribution < 1.29 is 23.7 Å². The van der Waals surface area contributed by atoms with Crippen LogP contribution in [0.5, 0.6) is 11.5 Å². The average molecular weight is 349 g/mol. The Morgan fingerprint density at radius 2 is 1.92 bits per heavy atom. The SMILES string of the molecule is COc1cccc(OCC(=O)N[C@@H]2CCOC[C@@H]2C2CCOCC2)c1. The number of hydrogen-bond donors (Lipinski definition) is 1. The second-order valence-corrected chi connectivity index (χ2v) is 6.62. The zero-order chi connectivity index (χ0) is 17.5. The van der Waals surface area contributed by atoms with E-state index in [9.17, 15) is 4.79 Å². The van der Waals surface area contributed by atoms with E-state index in [1.807, 2.05) is 18.2 Å². The van der Waals surface area contributed by atoms with Crippen LogP contribution in [0.3, 0.4) is 0 Å². The molecule has 0 radical (unpaired) electrons. The molecule has 2 saturated heterocycles. The second kappa shape index (κ2) is 9.06. The van der Waals surface area contributed by atoms with Crippen molar-refractivity contribution in [2.45, 2.75) is 25.3 Å². The highest BCUT2D eigenvalue weighted by Crippen LogP contribution is 2.30. The van der Waals surface area contributed by atoms with Gasteiger partial charge in [0.25, 0.3) is 5.91 Å². The van der Waals surface area contributed by atoms with Gasteiger partial charge >= 0.3 is 0 Å². The van der Waals surface area contributed by atoms with Crippen LogP contribution >= 0.6 is 0 Å². The van der Waals surface area contributed by atoms with Crippen molar-refractivity contribution in [2.24, 2.45) is 11.8 Å². The van der Waals surface area contributed by atoms with E-state index >= 15 is 0 Å². The molecule has 0 aliphatic carbocycles. The van der Waals surface area contributed by atoms with E-state index in [2.05, 4.69) is 5.32 Å². The summed E-state index contributed by atoms with van der Waals surface area (Å²) < 4.78 is 21.9. The maximum absolute atomic E-state index is 12.3. The molecule has 6 nitrogen and oxygen atoms in total. The number of hydrogen-bond acceptors (Lipinski definition) is 5. The lowest BCUT2D eigenvalue weighted by molar-refractivity contribution is -0.125. The molecule has 0 unspecified atom stereocenters. The molecule has 6 heteroatoms. The fourth-order valence-electron chi connectivity index (χ4n) is 3.64. The molecule has 1 aromatic rings. The van der Waals surface area contributed by atoms with E-state index in [0.717, 1.165) is 32.5 Å². The standard InChI is InChI=1S/C19H27NO5/c1-22-15-3-2-4-16(11-15)25-13-19(21)20-18-7-10-24-12-17(18)14-5-8-23-9-6-14/h2-4,11,14,17-18H,5-10,12-13H2,1H3,(H,20,21)/t17-,18-/m1/s1. The molecule has 0 aromatic heterocycles. The topological polar surface area (TPSA) is 66.0 Å². The van der Waals surface area contributed by atoms with Crippen LogP contribution in [-0.2, 0) is 14.3 Å². The molecule has 2 fully saturated rings. The quantitative estimate of drug-likeness (QED) is 0.851. The Labute approximate surface area is 148 Å². The van der Waals surface area contributed by atoms with E-state index in [4.69, 9.17) is 18.9 Å². The molecule has 1 amide bonds. The minimum atomic E-state index is -0.0909. The van der Waals surface area contributed by atoms with Gasteiger partial charge in [-0.2, -0.15) is 0 Å². The maximum atomic E-state index is 12.3. The van der Waals surface area contributed by atoms with Crippen LogP contribution in [0, 0.1) is 11.8 Å². The van der Waals surface area contributed by atoms with Crippen molar-refractivity contribution in [3.63, 3.8) is 0 Å². The molecule has 2 aliphatic heterocycles. The van der Waals surface area contributed by atoms with Gasteiger partial charge in [-0.05, 0) is 37.3 Å². The van der Waals surface area contributed by atoms with E-state index in [-0.39, 0.29) is 18.6 Å². The molecule has 138 valence electrons. The molecular formula is C19H27NO5. The predicted molar refractivity (Wildman–Crippen MR) is 92.9 cm³/mol. The summed E-state index contributed by atoms with van der Waals surface area (Å²) in [5.41, 5.74) is 0. The lowest BCUT2D eigenvalue weighted by atomic mass is 9.79. The molecule has 2 atom stereocenters. The van der Waals surface area contributed by atoms with Crippen LogP contribution in [0.1, 0.15) is 19.3 Å². The molecule has 1 N–H and O–H groups in total. The zero-order valence-electron chi connectivity index (χ0n) is 14.7. The fourth-order valence-corrected chi connectivity index (χ4v) is 3.64. The summed E-state index contributed by atoms with van der Waals surface area (Å²) in [4.78, 5) is 12.3. The Balaban J connectivity index is 1.51.